The normalized spacial score (nSPS) is 20.0. The van der Waals surface area contributed by atoms with Crippen molar-refractivity contribution >= 4 is 6.09 Å². The van der Waals surface area contributed by atoms with Gasteiger partial charge in [-0.3, -0.25) is 0 Å². The lowest BCUT2D eigenvalue weighted by Gasteiger charge is -2.34. The molecule has 0 radical (unpaired) electrons. The number of hydrogen-bond donors (Lipinski definition) is 0. The van der Waals surface area contributed by atoms with Crippen LogP contribution in [0.25, 0.3) is 0 Å². The van der Waals surface area contributed by atoms with Crippen molar-refractivity contribution in [3.63, 3.8) is 0 Å². The van der Waals surface area contributed by atoms with E-state index in [4.69, 9.17) is 18.9 Å². The Balaban J connectivity index is 1.51. The zero-order valence-electron chi connectivity index (χ0n) is 14.5. The highest BCUT2D eigenvalue weighted by Gasteiger charge is 2.28. The molecule has 1 unspecified atom stereocenters. The Labute approximate surface area is 142 Å². The van der Waals surface area contributed by atoms with E-state index in [1.54, 1.807) is 4.90 Å². The molecular formula is C18H25NO5. The van der Waals surface area contributed by atoms with Crippen LogP contribution in [0, 0.1) is 5.92 Å². The van der Waals surface area contributed by atoms with Gasteiger partial charge < -0.3 is 23.8 Å². The number of likely N-dealkylation sites (tertiary alicyclic amines) is 1. The molecule has 24 heavy (non-hydrogen) atoms. The van der Waals surface area contributed by atoms with Gasteiger partial charge in [-0.05, 0) is 45.7 Å². The summed E-state index contributed by atoms with van der Waals surface area (Å²) in [6.07, 6.45) is 1.77. The molecule has 2 aliphatic rings. The number of piperidine rings is 1. The molecule has 0 bridgehead atoms. The number of nitrogens with zero attached hydrogens (tertiary/aromatic N) is 1. The van der Waals surface area contributed by atoms with Gasteiger partial charge >= 0.3 is 6.09 Å². The van der Waals surface area contributed by atoms with Gasteiger partial charge in [0.1, 0.15) is 11.4 Å². The summed E-state index contributed by atoms with van der Waals surface area (Å²) in [7, 11) is 0. The molecule has 2 heterocycles. The zero-order chi connectivity index (χ0) is 17.2. The van der Waals surface area contributed by atoms with Gasteiger partial charge in [0.15, 0.2) is 11.5 Å². The minimum absolute atomic E-state index is 0.240. The second-order valence-corrected chi connectivity index (χ2v) is 7.26. The molecule has 1 aromatic carbocycles. The number of rotatable bonds is 3. The highest BCUT2D eigenvalue weighted by Crippen LogP contribution is 2.35. The number of benzene rings is 1. The average Bonchev–Trinajstić information content (AvgIpc) is 2.99. The van der Waals surface area contributed by atoms with Crippen molar-refractivity contribution in [2.75, 3.05) is 26.5 Å². The number of fused-ring (bicyclic) bond motifs is 1. The number of ether oxygens (including phenoxy) is 4. The second kappa shape index (κ2) is 6.79. The molecule has 1 saturated heterocycles. The maximum absolute atomic E-state index is 12.2. The second-order valence-electron chi connectivity index (χ2n) is 7.26. The molecule has 1 amide bonds. The minimum Gasteiger partial charge on any atom is -0.493 e. The van der Waals surface area contributed by atoms with Gasteiger partial charge in [0.25, 0.3) is 0 Å². The Morgan fingerprint density at radius 3 is 2.88 bits per heavy atom. The van der Waals surface area contributed by atoms with Crippen LogP contribution in [0.5, 0.6) is 17.2 Å². The van der Waals surface area contributed by atoms with E-state index >= 15 is 0 Å². The monoisotopic (exact) mass is 335 g/mol. The van der Waals surface area contributed by atoms with Crippen molar-refractivity contribution in [3.05, 3.63) is 18.2 Å². The summed E-state index contributed by atoms with van der Waals surface area (Å²) >= 11 is 0. The summed E-state index contributed by atoms with van der Waals surface area (Å²) in [4.78, 5) is 14.0. The lowest BCUT2D eigenvalue weighted by Crippen LogP contribution is -2.44. The number of carbonyl (C=O) groups excluding carboxylic acids is 1. The predicted molar refractivity (Wildman–Crippen MR) is 88.6 cm³/mol. The lowest BCUT2D eigenvalue weighted by molar-refractivity contribution is 0.0139. The standard InChI is InChI=1S/C18H25NO5/c1-18(2,3)24-17(20)19-8-4-5-13(10-19)11-21-14-6-7-15-16(9-14)23-12-22-15/h6-7,9,13H,4-5,8,10-12H2,1-3H3. The van der Waals surface area contributed by atoms with Crippen molar-refractivity contribution in [2.45, 2.75) is 39.2 Å². The van der Waals surface area contributed by atoms with E-state index < -0.39 is 5.60 Å². The summed E-state index contributed by atoms with van der Waals surface area (Å²) < 4.78 is 22.0. The fraction of sp³-hybridized carbons (Fsp3) is 0.611. The molecule has 0 aliphatic carbocycles. The van der Waals surface area contributed by atoms with Gasteiger partial charge in [0.05, 0.1) is 6.61 Å². The van der Waals surface area contributed by atoms with Crippen LogP contribution in [0.15, 0.2) is 18.2 Å². The van der Waals surface area contributed by atoms with Gasteiger partial charge in [-0.25, -0.2) is 4.79 Å². The molecule has 6 heteroatoms. The van der Waals surface area contributed by atoms with Crippen LogP contribution < -0.4 is 14.2 Å². The Hall–Kier alpha value is -2.11. The summed E-state index contributed by atoms with van der Waals surface area (Å²) in [6.45, 7) is 7.89. The SMILES string of the molecule is CC(C)(C)OC(=O)N1CCCC(COc2ccc3c(c2)OCO3)C1. The maximum Gasteiger partial charge on any atom is 0.410 e. The molecule has 1 fully saturated rings. The van der Waals surface area contributed by atoms with E-state index in [1.807, 2.05) is 39.0 Å². The van der Waals surface area contributed by atoms with Crippen molar-refractivity contribution in [2.24, 2.45) is 5.92 Å². The number of hydrogen-bond acceptors (Lipinski definition) is 5. The highest BCUT2D eigenvalue weighted by molar-refractivity contribution is 5.68. The van der Waals surface area contributed by atoms with Gasteiger partial charge in [0.2, 0.25) is 6.79 Å². The maximum atomic E-state index is 12.2. The summed E-state index contributed by atoms with van der Waals surface area (Å²) in [5.74, 6) is 2.52. The van der Waals surface area contributed by atoms with E-state index in [0.717, 1.165) is 30.9 Å². The summed E-state index contributed by atoms with van der Waals surface area (Å²) in [5, 5.41) is 0. The quantitative estimate of drug-likeness (QED) is 0.847. The smallest absolute Gasteiger partial charge is 0.410 e. The molecule has 0 N–H and O–H groups in total. The molecule has 2 aliphatic heterocycles. The van der Waals surface area contributed by atoms with Crippen LogP contribution in [0.4, 0.5) is 4.79 Å². The third kappa shape index (κ3) is 4.24. The molecule has 132 valence electrons. The Morgan fingerprint density at radius 2 is 2.08 bits per heavy atom. The number of amides is 1. The van der Waals surface area contributed by atoms with Crippen molar-refractivity contribution in [1.29, 1.82) is 0 Å². The number of carbonyl (C=O) groups is 1. The fourth-order valence-electron chi connectivity index (χ4n) is 2.87. The summed E-state index contributed by atoms with van der Waals surface area (Å²) in [6, 6.07) is 5.57. The van der Waals surface area contributed by atoms with Gasteiger partial charge in [-0.2, -0.15) is 0 Å². The van der Waals surface area contributed by atoms with E-state index in [2.05, 4.69) is 0 Å². The first-order valence-corrected chi connectivity index (χ1v) is 8.41. The largest absolute Gasteiger partial charge is 0.493 e. The molecule has 0 aromatic heterocycles. The molecule has 0 spiro atoms. The van der Waals surface area contributed by atoms with E-state index in [0.29, 0.717) is 24.8 Å². The average molecular weight is 335 g/mol. The molecule has 1 atom stereocenters. The van der Waals surface area contributed by atoms with Gasteiger partial charge in [-0.15, -0.1) is 0 Å². The topological polar surface area (TPSA) is 57.2 Å². The van der Waals surface area contributed by atoms with Crippen molar-refractivity contribution in [1.82, 2.24) is 4.90 Å². The Morgan fingerprint density at radius 1 is 1.29 bits per heavy atom. The van der Waals surface area contributed by atoms with Crippen LogP contribution in [0.2, 0.25) is 0 Å². The Kier molecular flexibility index (Phi) is 4.73. The molecule has 0 saturated carbocycles. The first-order chi connectivity index (χ1) is 11.4. The minimum atomic E-state index is -0.465. The third-order valence-electron chi connectivity index (χ3n) is 4.00. The first kappa shape index (κ1) is 16.7. The molecule has 1 aromatic rings. The van der Waals surface area contributed by atoms with E-state index in [-0.39, 0.29) is 12.9 Å². The lowest BCUT2D eigenvalue weighted by atomic mass is 9.99. The van der Waals surface area contributed by atoms with E-state index in [1.165, 1.54) is 0 Å². The molecule has 3 rings (SSSR count). The van der Waals surface area contributed by atoms with E-state index in [9.17, 15) is 4.79 Å². The van der Waals surface area contributed by atoms with Crippen LogP contribution in [-0.4, -0.2) is 43.1 Å². The van der Waals surface area contributed by atoms with Gasteiger partial charge in [0, 0.05) is 25.1 Å². The van der Waals surface area contributed by atoms with Crippen molar-refractivity contribution < 1.29 is 23.7 Å². The predicted octanol–water partition coefficient (Wildman–Crippen LogP) is 3.44. The zero-order valence-corrected chi connectivity index (χ0v) is 14.5. The highest BCUT2D eigenvalue weighted by atomic mass is 16.7. The Bertz CT molecular complexity index is 596. The van der Waals surface area contributed by atoms with Crippen LogP contribution >= 0.6 is 0 Å². The van der Waals surface area contributed by atoms with Crippen LogP contribution in [-0.2, 0) is 4.74 Å². The van der Waals surface area contributed by atoms with Crippen LogP contribution in [0.1, 0.15) is 33.6 Å². The fourth-order valence-corrected chi connectivity index (χ4v) is 2.87. The molecule has 6 nitrogen and oxygen atoms in total. The van der Waals surface area contributed by atoms with Crippen molar-refractivity contribution in [3.8, 4) is 17.2 Å². The van der Waals surface area contributed by atoms with Gasteiger partial charge in [-0.1, -0.05) is 0 Å². The summed E-state index contributed by atoms with van der Waals surface area (Å²) in [5.41, 5.74) is -0.465. The first-order valence-electron chi connectivity index (χ1n) is 8.41. The van der Waals surface area contributed by atoms with Crippen LogP contribution in [0.3, 0.4) is 0 Å². The molecular weight excluding hydrogens is 310 g/mol. The third-order valence-corrected chi connectivity index (χ3v) is 4.00.